The Hall–Kier alpha value is -0.610. The number of esters is 1. The van der Waals surface area contributed by atoms with Crippen molar-refractivity contribution in [3.05, 3.63) is 0 Å². The summed E-state index contributed by atoms with van der Waals surface area (Å²) in [6.45, 7) is 5.60. The van der Waals surface area contributed by atoms with Crippen LogP contribution in [0.2, 0.25) is 0 Å². The van der Waals surface area contributed by atoms with Crippen molar-refractivity contribution in [3.63, 3.8) is 0 Å². The second-order valence-electron chi connectivity index (χ2n) is 5.53. The second-order valence-corrected chi connectivity index (χ2v) is 5.53. The summed E-state index contributed by atoms with van der Waals surface area (Å²) in [5.74, 6) is -0.182. The van der Waals surface area contributed by atoms with Crippen LogP contribution in [0.3, 0.4) is 0 Å². The molecule has 0 bridgehead atoms. The van der Waals surface area contributed by atoms with Crippen molar-refractivity contribution in [1.29, 1.82) is 0 Å². The molecule has 4 nitrogen and oxygen atoms in total. The third-order valence-corrected chi connectivity index (χ3v) is 3.55. The Morgan fingerprint density at radius 2 is 2.12 bits per heavy atom. The van der Waals surface area contributed by atoms with Crippen molar-refractivity contribution < 1.29 is 14.6 Å². The normalized spacial score (nSPS) is 23.2. The Kier molecular flexibility index (Phi) is 5.40. The number of carbonyl (C=O) groups is 1. The number of carbonyl (C=O) groups excluding carboxylic acids is 1. The highest BCUT2D eigenvalue weighted by atomic mass is 16.5. The molecule has 0 aliphatic carbocycles. The Morgan fingerprint density at radius 1 is 1.41 bits per heavy atom. The van der Waals surface area contributed by atoms with Crippen LogP contribution in [0.1, 0.15) is 39.5 Å². The van der Waals surface area contributed by atoms with Crippen LogP contribution in [0, 0.1) is 5.41 Å². The highest BCUT2D eigenvalue weighted by Gasteiger charge is 2.33. The molecule has 1 rings (SSSR count). The van der Waals surface area contributed by atoms with Crippen molar-refractivity contribution in [2.75, 3.05) is 26.8 Å². The minimum absolute atomic E-state index is 0.178. The van der Waals surface area contributed by atoms with Crippen LogP contribution < -0.4 is 0 Å². The van der Waals surface area contributed by atoms with E-state index < -0.39 is 5.41 Å². The van der Waals surface area contributed by atoms with E-state index in [2.05, 4.69) is 4.90 Å². The van der Waals surface area contributed by atoms with E-state index >= 15 is 0 Å². The molecule has 17 heavy (non-hydrogen) atoms. The minimum atomic E-state index is -0.507. The first-order valence-electron chi connectivity index (χ1n) is 6.44. The fraction of sp³-hybridized carbons (Fsp3) is 0.923. The maximum atomic E-state index is 11.7. The van der Waals surface area contributed by atoms with Crippen LogP contribution >= 0.6 is 0 Å². The molecule has 1 aliphatic heterocycles. The number of methoxy groups -OCH3 is 1. The van der Waals surface area contributed by atoms with E-state index in [4.69, 9.17) is 4.74 Å². The van der Waals surface area contributed by atoms with Crippen molar-refractivity contribution in [2.45, 2.75) is 45.6 Å². The van der Waals surface area contributed by atoms with Crippen molar-refractivity contribution in [1.82, 2.24) is 4.90 Å². The van der Waals surface area contributed by atoms with Crippen molar-refractivity contribution in [3.8, 4) is 0 Å². The number of ether oxygens (including phenoxy) is 1. The predicted molar refractivity (Wildman–Crippen MR) is 66.7 cm³/mol. The monoisotopic (exact) mass is 243 g/mol. The van der Waals surface area contributed by atoms with Gasteiger partial charge in [0.2, 0.25) is 0 Å². The van der Waals surface area contributed by atoms with Gasteiger partial charge in [-0.3, -0.25) is 9.69 Å². The van der Waals surface area contributed by atoms with Gasteiger partial charge in [-0.2, -0.15) is 0 Å². The molecule has 1 unspecified atom stereocenters. The van der Waals surface area contributed by atoms with Gasteiger partial charge in [0.1, 0.15) is 0 Å². The Morgan fingerprint density at radius 3 is 2.71 bits per heavy atom. The molecular formula is C13H25NO3. The number of rotatable bonds is 4. The number of nitrogens with zero attached hydrogens (tertiary/aromatic N) is 1. The minimum Gasteiger partial charge on any atom is -0.469 e. The van der Waals surface area contributed by atoms with Crippen LogP contribution in [0.25, 0.3) is 0 Å². The molecule has 0 saturated carbocycles. The summed E-state index contributed by atoms with van der Waals surface area (Å²) in [4.78, 5) is 13.9. The molecule has 0 spiro atoms. The van der Waals surface area contributed by atoms with Gasteiger partial charge < -0.3 is 9.84 Å². The lowest BCUT2D eigenvalue weighted by molar-refractivity contribution is -0.152. The average Bonchev–Trinajstić information content (AvgIpc) is 2.52. The number of aliphatic hydroxyl groups is 1. The predicted octanol–water partition coefficient (Wildman–Crippen LogP) is 1.42. The first-order chi connectivity index (χ1) is 8.01. The molecule has 0 aromatic carbocycles. The molecule has 0 amide bonds. The Labute approximate surface area is 104 Å². The molecule has 1 N–H and O–H groups in total. The highest BCUT2D eigenvalue weighted by Crippen LogP contribution is 2.24. The van der Waals surface area contributed by atoms with Crippen LogP contribution in [-0.4, -0.2) is 48.8 Å². The molecule has 1 fully saturated rings. The third-order valence-electron chi connectivity index (χ3n) is 3.55. The number of likely N-dealkylation sites (tertiary alicyclic amines) is 1. The summed E-state index contributed by atoms with van der Waals surface area (Å²) in [5, 5.41) is 9.42. The molecular weight excluding hydrogens is 218 g/mol. The molecule has 4 heteroatoms. The maximum Gasteiger partial charge on any atom is 0.312 e. The molecule has 1 saturated heterocycles. The Bertz CT molecular complexity index is 253. The fourth-order valence-electron chi connectivity index (χ4n) is 2.50. The number of aliphatic hydroxyl groups excluding tert-OH is 1. The van der Waals surface area contributed by atoms with E-state index in [1.807, 2.05) is 13.8 Å². The quantitative estimate of drug-likeness (QED) is 0.759. The van der Waals surface area contributed by atoms with Gasteiger partial charge in [-0.05, 0) is 33.2 Å². The molecule has 1 aliphatic rings. The molecule has 0 aromatic rings. The summed E-state index contributed by atoms with van der Waals surface area (Å²) < 4.78 is 4.83. The first-order valence-corrected chi connectivity index (χ1v) is 6.44. The summed E-state index contributed by atoms with van der Waals surface area (Å²) >= 11 is 0. The lowest BCUT2D eigenvalue weighted by Crippen LogP contribution is -2.46. The van der Waals surface area contributed by atoms with E-state index in [0.29, 0.717) is 6.54 Å². The van der Waals surface area contributed by atoms with Crippen molar-refractivity contribution in [2.24, 2.45) is 5.41 Å². The zero-order valence-corrected chi connectivity index (χ0v) is 11.2. The van der Waals surface area contributed by atoms with Crippen LogP contribution in [0.5, 0.6) is 0 Å². The first kappa shape index (κ1) is 14.5. The topological polar surface area (TPSA) is 49.8 Å². The summed E-state index contributed by atoms with van der Waals surface area (Å²) in [6, 6.07) is 0.196. The van der Waals surface area contributed by atoms with Gasteiger partial charge in [0.15, 0.2) is 0 Å². The molecule has 1 atom stereocenters. The Balaban J connectivity index is 2.65. The average molecular weight is 243 g/mol. The van der Waals surface area contributed by atoms with Gasteiger partial charge in [-0.25, -0.2) is 0 Å². The molecule has 0 aromatic heterocycles. The summed E-state index contributed by atoms with van der Waals surface area (Å²) in [6.07, 6.45) is 4.55. The molecule has 0 radical (unpaired) electrons. The van der Waals surface area contributed by atoms with Crippen LogP contribution in [-0.2, 0) is 9.53 Å². The van der Waals surface area contributed by atoms with Gasteiger partial charge in [-0.1, -0.05) is 12.8 Å². The van der Waals surface area contributed by atoms with Crippen molar-refractivity contribution >= 4 is 5.97 Å². The van der Waals surface area contributed by atoms with Gasteiger partial charge in [0, 0.05) is 12.6 Å². The SMILES string of the molecule is COC(=O)C(C)(C)CN1CCCCCC1CO. The zero-order valence-electron chi connectivity index (χ0n) is 11.2. The van der Waals surface area contributed by atoms with Gasteiger partial charge in [-0.15, -0.1) is 0 Å². The second kappa shape index (κ2) is 6.36. The number of hydrogen-bond donors (Lipinski definition) is 1. The number of hydrogen-bond acceptors (Lipinski definition) is 4. The lowest BCUT2D eigenvalue weighted by Gasteiger charge is -2.34. The van der Waals surface area contributed by atoms with Gasteiger partial charge >= 0.3 is 5.97 Å². The van der Waals surface area contributed by atoms with Crippen LogP contribution in [0.4, 0.5) is 0 Å². The third kappa shape index (κ3) is 3.96. The van der Waals surface area contributed by atoms with E-state index in [0.717, 1.165) is 19.4 Å². The van der Waals surface area contributed by atoms with Gasteiger partial charge in [0.05, 0.1) is 19.1 Å². The highest BCUT2D eigenvalue weighted by molar-refractivity contribution is 5.76. The molecule has 100 valence electrons. The summed E-state index contributed by atoms with van der Waals surface area (Å²) in [7, 11) is 1.43. The van der Waals surface area contributed by atoms with Gasteiger partial charge in [0.25, 0.3) is 0 Å². The van der Waals surface area contributed by atoms with E-state index in [-0.39, 0.29) is 18.6 Å². The van der Waals surface area contributed by atoms with E-state index in [1.54, 1.807) is 0 Å². The smallest absolute Gasteiger partial charge is 0.312 e. The lowest BCUT2D eigenvalue weighted by atomic mass is 9.92. The summed E-state index contributed by atoms with van der Waals surface area (Å²) in [5.41, 5.74) is -0.507. The zero-order chi connectivity index (χ0) is 12.9. The van der Waals surface area contributed by atoms with E-state index in [1.165, 1.54) is 20.0 Å². The maximum absolute atomic E-state index is 11.7. The largest absolute Gasteiger partial charge is 0.469 e. The standard InChI is InChI=1S/C13H25NO3/c1-13(2,12(16)17-3)10-14-8-6-4-5-7-11(14)9-15/h11,15H,4-10H2,1-3H3. The van der Waals surface area contributed by atoms with Crippen LogP contribution in [0.15, 0.2) is 0 Å². The van der Waals surface area contributed by atoms with E-state index in [9.17, 15) is 9.90 Å². The molecule has 1 heterocycles. The fourth-order valence-corrected chi connectivity index (χ4v) is 2.50.